The molecule has 0 aliphatic rings. The molecule has 0 aliphatic carbocycles. The number of carbonyl (C=O) groups is 1. The summed E-state index contributed by atoms with van der Waals surface area (Å²) in [5, 5.41) is 0. The maximum Gasteiger partial charge on any atom is 0.338 e. The molecule has 104 valence electrons. The Bertz CT molecular complexity index is 636. The predicted molar refractivity (Wildman–Crippen MR) is 71.1 cm³/mol. The first-order valence-electron chi connectivity index (χ1n) is 5.94. The number of hydrogen-bond acceptors (Lipinski definition) is 3. The van der Waals surface area contributed by atoms with Crippen molar-refractivity contribution in [2.24, 2.45) is 0 Å². The van der Waals surface area contributed by atoms with Gasteiger partial charge in [0.05, 0.1) is 5.56 Å². The van der Waals surface area contributed by atoms with Crippen molar-refractivity contribution in [1.82, 2.24) is 0 Å². The Balaban J connectivity index is 2.10. The summed E-state index contributed by atoms with van der Waals surface area (Å²) < 4.78 is 31.0. The van der Waals surface area contributed by atoms with Crippen molar-refractivity contribution in [2.45, 2.75) is 13.5 Å². The second kappa shape index (κ2) is 5.69. The fourth-order valence-corrected chi connectivity index (χ4v) is 1.78. The van der Waals surface area contributed by atoms with E-state index in [0.29, 0.717) is 11.3 Å². The van der Waals surface area contributed by atoms with E-state index in [-0.39, 0.29) is 12.2 Å². The number of aryl methyl sites for hydroxylation is 1. The van der Waals surface area contributed by atoms with Gasteiger partial charge in [-0.15, -0.1) is 0 Å². The Hall–Kier alpha value is -2.43. The number of esters is 1. The van der Waals surface area contributed by atoms with Gasteiger partial charge in [0.15, 0.2) is 0 Å². The number of hydrogen-bond donors (Lipinski definition) is 1. The molecule has 0 heterocycles. The van der Waals surface area contributed by atoms with Gasteiger partial charge in [0, 0.05) is 11.8 Å². The van der Waals surface area contributed by atoms with E-state index in [1.165, 1.54) is 6.07 Å². The van der Waals surface area contributed by atoms with Gasteiger partial charge in [-0.2, -0.15) is 0 Å². The molecule has 5 heteroatoms. The van der Waals surface area contributed by atoms with E-state index < -0.39 is 17.6 Å². The fraction of sp³-hybridized carbons (Fsp3) is 0.133. The molecule has 0 saturated carbocycles. The number of nitrogen functional groups attached to an aromatic ring is 1. The van der Waals surface area contributed by atoms with Gasteiger partial charge in [-0.1, -0.05) is 6.07 Å². The van der Waals surface area contributed by atoms with Gasteiger partial charge in [0.2, 0.25) is 0 Å². The van der Waals surface area contributed by atoms with Crippen molar-refractivity contribution in [1.29, 1.82) is 0 Å². The highest BCUT2D eigenvalue weighted by Gasteiger charge is 2.11. The first-order chi connectivity index (χ1) is 9.45. The number of rotatable bonds is 3. The second-order valence-electron chi connectivity index (χ2n) is 4.43. The van der Waals surface area contributed by atoms with Crippen LogP contribution in [0.3, 0.4) is 0 Å². The molecular weight excluding hydrogens is 264 g/mol. The normalized spacial score (nSPS) is 10.3. The zero-order valence-corrected chi connectivity index (χ0v) is 10.8. The quantitative estimate of drug-likeness (QED) is 0.692. The summed E-state index contributed by atoms with van der Waals surface area (Å²) in [6.07, 6.45) is 0. The van der Waals surface area contributed by atoms with Crippen molar-refractivity contribution in [2.75, 3.05) is 5.73 Å². The molecule has 3 nitrogen and oxygen atoms in total. The minimum Gasteiger partial charge on any atom is -0.457 e. The third-order valence-corrected chi connectivity index (χ3v) is 2.77. The average molecular weight is 277 g/mol. The molecule has 0 saturated heterocycles. The topological polar surface area (TPSA) is 52.3 Å². The molecule has 0 aromatic heterocycles. The fourth-order valence-electron chi connectivity index (χ4n) is 1.78. The predicted octanol–water partition coefficient (Wildman–Crippen LogP) is 3.21. The van der Waals surface area contributed by atoms with E-state index in [4.69, 9.17) is 10.5 Å². The standard InChI is InChI=1S/C15H13F2NO2/c1-9-2-3-13(18)7-14(9)15(19)20-8-10-4-11(16)6-12(17)5-10/h2-7H,8,18H2,1H3. The summed E-state index contributed by atoms with van der Waals surface area (Å²) in [5.74, 6) is -2.01. The number of carbonyl (C=O) groups excluding carboxylic acids is 1. The van der Waals surface area contributed by atoms with Gasteiger partial charge in [-0.25, -0.2) is 13.6 Å². The lowest BCUT2D eigenvalue weighted by Crippen LogP contribution is -2.08. The lowest BCUT2D eigenvalue weighted by Gasteiger charge is -2.08. The van der Waals surface area contributed by atoms with Gasteiger partial charge >= 0.3 is 5.97 Å². The number of benzene rings is 2. The van der Waals surface area contributed by atoms with E-state index in [2.05, 4.69) is 0 Å². The number of nitrogens with two attached hydrogens (primary N) is 1. The van der Waals surface area contributed by atoms with E-state index >= 15 is 0 Å². The number of anilines is 1. The Morgan fingerprint density at radius 3 is 2.45 bits per heavy atom. The lowest BCUT2D eigenvalue weighted by atomic mass is 10.1. The summed E-state index contributed by atoms with van der Waals surface area (Å²) in [4.78, 5) is 11.9. The van der Waals surface area contributed by atoms with Gasteiger partial charge < -0.3 is 10.5 Å². The Kier molecular flexibility index (Phi) is 3.98. The third kappa shape index (κ3) is 3.32. The molecule has 2 aromatic carbocycles. The van der Waals surface area contributed by atoms with Crippen LogP contribution in [0.1, 0.15) is 21.5 Å². The van der Waals surface area contributed by atoms with Crippen LogP contribution in [-0.4, -0.2) is 5.97 Å². The van der Waals surface area contributed by atoms with Crippen LogP contribution < -0.4 is 5.73 Å². The average Bonchev–Trinajstić information content (AvgIpc) is 2.38. The van der Waals surface area contributed by atoms with Crippen molar-refractivity contribution in [3.05, 3.63) is 64.7 Å². The van der Waals surface area contributed by atoms with E-state index in [1.807, 2.05) is 0 Å². The third-order valence-electron chi connectivity index (χ3n) is 2.77. The highest BCUT2D eigenvalue weighted by atomic mass is 19.1. The summed E-state index contributed by atoms with van der Waals surface area (Å²) in [6.45, 7) is 1.54. The highest BCUT2D eigenvalue weighted by Crippen LogP contribution is 2.15. The molecule has 20 heavy (non-hydrogen) atoms. The van der Waals surface area contributed by atoms with Gasteiger partial charge in [0.1, 0.15) is 18.2 Å². The van der Waals surface area contributed by atoms with Crippen LogP contribution in [0.15, 0.2) is 36.4 Å². The van der Waals surface area contributed by atoms with Crippen molar-refractivity contribution in [3.63, 3.8) is 0 Å². The van der Waals surface area contributed by atoms with Crippen LogP contribution in [-0.2, 0) is 11.3 Å². The lowest BCUT2D eigenvalue weighted by molar-refractivity contribution is 0.0471. The Morgan fingerprint density at radius 1 is 1.15 bits per heavy atom. The van der Waals surface area contributed by atoms with Crippen LogP contribution in [0.25, 0.3) is 0 Å². The van der Waals surface area contributed by atoms with E-state index in [9.17, 15) is 13.6 Å². The number of ether oxygens (including phenoxy) is 1. The van der Waals surface area contributed by atoms with Crippen LogP contribution in [0, 0.1) is 18.6 Å². The zero-order chi connectivity index (χ0) is 14.7. The highest BCUT2D eigenvalue weighted by molar-refractivity contribution is 5.92. The molecule has 0 radical (unpaired) electrons. The second-order valence-corrected chi connectivity index (χ2v) is 4.43. The van der Waals surface area contributed by atoms with Crippen LogP contribution in [0.5, 0.6) is 0 Å². The largest absolute Gasteiger partial charge is 0.457 e. The SMILES string of the molecule is Cc1ccc(N)cc1C(=O)OCc1cc(F)cc(F)c1. The summed E-state index contributed by atoms with van der Waals surface area (Å²) in [5.41, 5.74) is 7.35. The molecule has 0 unspecified atom stereocenters. The molecule has 0 spiro atoms. The molecule has 2 N–H and O–H groups in total. The molecule has 2 aromatic rings. The van der Waals surface area contributed by atoms with Crippen molar-refractivity contribution < 1.29 is 18.3 Å². The molecule has 0 atom stereocenters. The van der Waals surface area contributed by atoms with E-state index in [0.717, 1.165) is 23.8 Å². The Labute approximate surface area is 115 Å². The van der Waals surface area contributed by atoms with E-state index in [1.54, 1.807) is 19.1 Å². The van der Waals surface area contributed by atoms with Crippen molar-refractivity contribution >= 4 is 11.7 Å². The maximum atomic E-state index is 13.0. The van der Waals surface area contributed by atoms with Gasteiger partial charge in [0.25, 0.3) is 0 Å². The molecular formula is C15H13F2NO2. The minimum absolute atomic E-state index is 0.207. The molecule has 0 aliphatic heterocycles. The van der Waals surface area contributed by atoms with Crippen molar-refractivity contribution in [3.8, 4) is 0 Å². The Morgan fingerprint density at radius 2 is 1.80 bits per heavy atom. The number of halogens is 2. The zero-order valence-electron chi connectivity index (χ0n) is 10.8. The molecule has 2 rings (SSSR count). The summed E-state index contributed by atoms with van der Waals surface area (Å²) in [7, 11) is 0. The first-order valence-corrected chi connectivity index (χ1v) is 5.94. The first kappa shape index (κ1) is 14.0. The minimum atomic E-state index is -0.712. The van der Waals surface area contributed by atoms with Crippen LogP contribution in [0.4, 0.5) is 14.5 Å². The van der Waals surface area contributed by atoms with Gasteiger partial charge in [-0.3, -0.25) is 0 Å². The summed E-state index contributed by atoms with van der Waals surface area (Å²) >= 11 is 0. The summed E-state index contributed by atoms with van der Waals surface area (Å²) in [6, 6.07) is 7.87. The smallest absolute Gasteiger partial charge is 0.338 e. The van der Waals surface area contributed by atoms with Gasteiger partial charge in [-0.05, 0) is 42.3 Å². The van der Waals surface area contributed by atoms with Crippen LogP contribution >= 0.6 is 0 Å². The maximum absolute atomic E-state index is 13.0. The van der Waals surface area contributed by atoms with Crippen LogP contribution in [0.2, 0.25) is 0 Å². The monoisotopic (exact) mass is 277 g/mol. The molecule has 0 fully saturated rings. The molecule has 0 bridgehead atoms. The molecule has 0 amide bonds.